The van der Waals surface area contributed by atoms with Gasteiger partial charge in [-0.05, 0) is 114 Å². The number of hydrogen-bond donors (Lipinski definition) is 0. The molecule has 0 unspecified atom stereocenters. The van der Waals surface area contributed by atoms with Gasteiger partial charge in [-0.2, -0.15) is 0 Å². The molecule has 0 bridgehead atoms. The first-order valence-electron chi connectivity index (χ1n) is 25.8. The SMILES string of the molecule is c1ccc(-c2cc(-c3cccc(-n4c5ccccc5c5c6oc7ccc(-n8c9ccccc9c9cc(-c%10ccc%11c(c%10)c%10ccccc%10n%11-c%10ccccc%10)ccc98)cc7c6ccc54)c3)nc(-c3ccccc3)n2)cc1. The van der Waals surface area contributed by atoms with Crippen LogP contribution in [0.3, 0.4) is 0 Å². The minimum atomic E-state index is 0.691. The Bertz CT molecular complexity index is 4930. The topological polar surface area (TPSA) is 53.7 Å². The standard InChI is InChI=1S/C70H43N5O/c1-4-17-44(18-5-1)59-43-60(72-70(71-59)45-19-6-2-7-20-45)48-21-16-24-50(39-48)75-63-30-15-12-27-55(63)68-66(75)37-34-54-58-42-51(33-38-67(58)76-69(54)68)74-62-29-14-11-26-53(62)57-41-47(32-36-65(57)74)46-31-35-64-56(40-46)52-25-10-13-28-61(52)73(64)49-22-8-3-9-23-49/h1-43H. The lowest BCUT2D eigenvalue weighted by molar-refractivity contribution is 0.673. The van der Waals surface area contributed by atoms with Gasteiger partial charge in [-0.3, -0.25) is 0 Å². The van der Waals surface area contributed by atoms with E-state index in [0.717, 1.165) is 99.9 Å². The van der Waals surface area contributed by atoms with E-state index in [0.29, 0.717) is 5.82 Å². The molecule has 0 saturated carbocycles. The molecule has 6 heteroatoms. The van der Waals surface area contributed by atoms with Crippen molar-refractivity contribution in [3.63, 3.8) is 0 Å². The molecule has 16 aromatic rings. The number of nitrogens with zero attached hydrogens (tertiary/aromatic N) is 5. The average Bonchev–Trinajstić information content (AvgIpc) is 4.27. The fourth-order valence-electron chi connectivity index (χ4n) is 12.0. The minimum absolute atomic E-state index is 0.691. The lowest BCUT2D eigenvalue weighted by Crippen LogP contribution is -1.97. The van der Waals surface area contributed by atoms with E-state index in [4.69, 9.17) is 14.4 Å². The van der Waals surface area contributed by atoms with Gasteiger partial charge in [0.2, 0.25) is 0 Å². The van der Waals surface area contributed by atoms with Crippen LogP contribution >= 0.6 is 0 Å². The summed E-state index contributed by atoms with van der Waals surface area (Å²) in [5.41, 5.74) is 19.0. The molecule has 0 atom stereocenters. The molecule has 11 aromatic carbocycles. The third kappa shape index (κ3) is 6.47. The third-order valence-corrected chi connectivity index (χ3v) is 15.4. The molecule has 0 saturated heterocycles. The van der Waals surface area contributed by atoms with Gasteiger partial charge in [0.25, 0.3) is 0 Å². The van der Waals surface area contributed by atoms with Crippen molar-refractivity contribution < 1.29 is 4.42 Å². The number of benzene rings is 11. The van der Waals surface area contributed by atoms with E-state index in [1.54, 1.807) is 0 Å². The molecule has 354 valence electrons. The van der Waals surface area contributed by atoms with Crippen LogP contribution in [0.4, 0.5) is 0 Å². The lowest BCUT2D eigenvalue weighted by atomic mass is 10.0. The van der Waals surface area contributed by atoms with Crippen molar-refractivity contribution in [3.05, 3.63) is 261 Å². The molecule has 16 rings (SSSR count). The van der Waals surface area contributed by atoms with Crippen LogP contribution in [0, 0.1) is 0 Å². The maximum Gasteiger partial charge on any atom is 0.160 e. The molecule has 76 heavy (non-hydrogen) atoms. The van der Waals surface area contributed by atoms with Gasteiger partial charge in [0.05, 0.1) is 49.9 Å². The number of fused-ring (bicyclic) bond motifs is 13. The van der Waals surface area contributed by atoms with Gasteiger partial charge in [0.15, 0.2) is 5.82 Å². The summed E-state index contributed by atoms with van der Waals surface area (Å²) in [6.07, 6.45) is 0. The van der Waals surface area contributed by atoms with E-state index in [9.17, 15) is 0 Å². The van der Waals surface area contributed by atoms with Crippen molar-refractivity contribution in [3.8, 4) is 62.1 Å². The van der Waals surface area contributed by atoms with E-state index < -0.39 is 0 Å². The maximum atomic E-state index is 6.98. The highest BCUT2D eigenvalue weighted by Gasteiger charge is 2.22. The fraction of sp³-hybridized carbons (Fsp3) is 0. The Labute approximate surface area is 436 Å². The summed E-state index contributed by atoms with van der Waals surface area (Å²) >= 11 is 0. The maximum absolute atomic E-state index is 6.98. The van der Waals surface area contributed by atoms with Gasteiger partial charge < -0.3 is 18.1 Å². The average molecular weight is 970 g/mol. The summed E-state index contributed by atoms with van der Waals surface area (Å²) in [6, 6.07) is 93.2. The number of para-hydroxylation sites is 4. The Hall–Kier alpha value is -10.3. The zero-order valence-electron chi connectivity index (χ0n) is 41.0. The monoisotopic (exact) mass is 969 g/mol. The molecule has 5 aromatic heterocycles. The molecule has 0 aliphatic carbocycles. The smallest absolute Gasteiger partial charge is 0.160 e. The minimum Gasteiger partial charge on any atom is -0.455 e. The number of rotatable bonds is 7. The lowest BCUT2D eigenvalue weighted by Gasteiger charge is -2.12. The van der Waals surface area contributed by atoms with Crippen LogP contribution in [0.2, 0.25) is 0 Å². The molecule has 0 aliphatic rings. The van der Waals surface area contributed by atoms with E-state index in [1.165, 1.54) is 43.7 Å². The van der Waals surface area contributed by atoms with Gasteiger partial charge in [0, 0.05) is 71.5 Å². The predicted octanol–water partition coefficient (Wildman–Crippen LogP) is 18.3. The number of aromatic nitrogens is 5. The second kappa shape index (κ2) is 16.6. The van der Waals surface area contributed by atoms with Crippen molar-refractivity contribution in [2.45, 2.75) is 0 Å². The van der Waals surface area contributed by atoms with Crippen LogP contribution in [0.1, 0.15) is 0 Å². The highest BCUT2D eigenvalue weighted by molar-refractivity contribution is 6.24. The zero-order valence-corrected chi connectivity index (χ0v) is 41.0. The Morgan fingerprint density at radius 2 is 0.750 bits per heavy atom. The van der Waals surface area contributed by atoms with Crippen molar-refractivity contribution in [2.75, 3.05) is 0 Å². The number of furan rings is 1. The first-order valence-corrected chi connectivity index (χ1v) is 25.8. The van der Waals surface area contributed by atoms with Gasteiger partial charge in [0.1, 0.15) is 11.2 Å². The molecule has 0 amide bonds. The summed E-state index contributed by atoms with van der Waals surface area (Å²) in [5, 5.41) is 9.28. The quantitative estimate of drug-likeness (QED) is 0.160. The van der Waals surface area contributed by atoms with Crippen molar-refractivity contribution >= 4 is 87.4 Å². The summed E-state index contributed by atoms with van der Waals surface area (Å²) in [4.78, 5) is 10.2. The molecule has 5 heterocycles. The molecule has 0 aliphatic heterocycles. The first-order chi connectivity index (χ1) is 37.7. The second-order valence-corrected chi connectivity index (χ2v) is 19.7. The van der Waals surface area contributed by atoms with Gasteiger partial charge >= 0.3 is 0 Å². The van der Waals surface area contributed by atoms with E-state index in [2.05, 4.69) is 250 Å². The number of hydrogen-bond acceptors (Lipinski definition) is 3. The molecular weight excluding hydrogens is 927 g/mol. The van der Waals surface area contributed by atoms with Crippen LogP contribution in [-0.4, -0.2) is 23.7 Å². The van der Waals surface area contributed by atoms with E-state index >= 15 is 0 Å². The highest BCUT2D eigenvalue weighted by atomic mass is 16.3. The van der Waals surface area contributed by atoms with Gasteiger partial charge in [-0.25, -0.2) is 9.97 Å². The summed E-state index contributed by atoms with van der Waals surface area (Å²) in [6.45, 7) is 0. The third-order valence-electron chi connectivity index (χ3n) is 15.4. The Morgan fingerprint density at radius 3 is 1.42 bits per heavy atom. The highest BCUT2D eigenvalue weighted by Crippen LogP contribution is 2.44. The Kier molecular flexibility index (Phi) is 9.23. The second-order valence-electron chi connectivity index (χ2n) is 19.7. The fourth-order valence-corrected chi connectivity index (χ4v) is 12.0. The molecular formula is C70H43N5O. The predicted molar refractivity (Wildman–Crippen MR) is 314 cm³/mol. The van der Waals surface area contributed by atoms with E-state index in [1.807, 2.05) is 24.3 Å². The Balaban J connectivity index is 0.816. The summed E-state index contributed by atoms with van der Waals surface area (Å²) < 4.78 is 14.1. The summed E-state index contributed by atoms with van der Waals surface area (Å²) in [7, 11) is 0. The van der Waals surface area contributed by atoms with E-state index in [-0.39, 0.29) is 0 Å². The Morgan fingerprint density at radius 1 is 0.263 bits per heavy atom. The van der Waals surface area contributed by atoms with Crippen LogP contribution in [0.15, 0.2) is 265 Å². The van der Waals surface area contributed by atoms with Crippen LogP contribution < -0.4 is 0 Å². The van der Waals surface area contributed by atoms with Crippen molar-refractivity contribution in [1.82, 2.24) is 23.7 Å². The summed E-state index contributed by atoms with van der Waals surface area (Å²) in [5.74, 6) is 0.691. The largest absolute Gasteiger partial charge is 0.455 e. The normalized spacial score (nSPS) is 11.9. The zero-order chi connectivity index (χ0) is 49.8. The molecule has 0 spiro atoms. The van der Waals surface area contributed by atoms with Crippen molar-refractivity contribution in [1.29, 1.82) is 0 Å². The first kappa shape index (κ1) is 42.2. The van der Waals surface area contributed by atoms with Crippen molar-refractivity contribution in [2.24, 2.45) is 0 Å². The van der Waals surface area contributed by atoms with Crippen LogP contribution in [-0.2, 0) is 0 Å². The molecule has 0 N–H and O–H groups in total. The van der Waals surface area contributed by atoms with Gasteiger partial charge in [-0.1, -0.05) is 158 Å². The van der Waals surface area contributed by atoms with Gasteiger partial charge in [-0.15, -0.1) is 0 Å². The van der Waals surface area contributed by atoms with Crippen LogP contribution in [0.5, 0.6) is 0 Å². The molecule has 0 fully saturated rings. The molecule has 6 nitrogen and oxygen atoms in total. The van der Waals surface area contributed by atoms with Crippen LogP contribution in [0.25, 0.3) is 149 Å². The molecule has 0 radical (unpaired) electrons.